The van der Waals surface area contributed by atoms with Crippen molar-refractivity contribution in [3.05, 3.63) is 34.4 Å². The van der Waals surface area contributed by atoms with E-state index in [4.69, 9.17) is 5.73 Å². The number of carbonyl (C=O) groups is 1. The fraction of sp³-hybridized carbons (Fsp3) is 0.364. The Morgan fingerprint density at radius 1 is 1.56 bits per heavy atom. The van der Waals surface area contributed by atoms with Crippen molar-refractivity contribution in [1.82, 2.24) is 4.90 Å². The molecule has 1 aliphatic rings. The van der Waals surface area contributed by atoms with Gasteiger partial charge in [-0.05, 0) is 12.5 Å². The zero-order valence-corrected chi connectivity index (χ0v) is 9.70. The Labute approximate surface area is 104 Å². The van der Waals surface area contributed by atoms with Gasteiger partial charge in [-0.15, -0.1) is 0 Å². The van der Waals surface area contributed by atoms with Gasteiger partial charge in [-0.25, -0.2) is 4.79 Å². The number of hydrogen-bond donors (Lipinski definition) is 2. The van der Waals surface area contributed by atoms with E-state index in [1.54, 1.807) is 11.0 Å². The number of benzene rings is 1. The molecule has 1 heterocycles. The number of nitrogens with zero attached hydrogens (tertiary/aromatic N) is 2. The molecular formula is C11H14N4O3. The van der Waals surface area contributed by atoms with Crippen molar-refractivity contribution >= 4 is 17.4 Å². The predicted octanol–water partition coefficient (Wildman–Crippen LogP) is 1.16. The number of urea groups is 1. The predicted molar refractivity (Wildman–Crippen MR) is 66.3 cm³/mol. The number of nitrogens with one attached hydrogen (secondary N) is 1. The van der Waals surface area contributed by atoms with Gasteiger partial charge in [-0.1, -0.05) is 6.07 Å². The van der Waals surface area contributed by atoms with Crippen molar-refractivity contribution in [2.45, 2.75) is 12.5 Å². The molecule has 0 aliphatic carbocycles. The molecule has 0 unspecified atom stereocenters. The molecule has 1 aliphatic heterocycles. The molecule has 3 N–H and O–H groups in total. The summed E-state index contributed by atoms with van der Waals surface area (Å²) in [5, 5.41) is 13.2. The quantitative estimate of drug-likeness (QED) is 0.607. The second-order valence-electron chi connectivity index (χ2n) is 4.23. The third kappa shape index (κ3) is 2.75. The third-order valence-electron chi connectivity index (χ3n) is 2.82. The van der Waals surface area contributed by atoms with Crippen molar-refractivity contribution in [2.24, 2.45) is 5.73 Å². The SMILES string of the molecule is N[C@H]1CCN(C(=O)Nc2cccc([N+](=O)[O-])c2)C1. The Kier molecular flexibility index (Phi) is 3.42. The first-order valence-electron chi connectivity index (χ1n) is 5.62. The molecule has 0 radical (unpaired) electrons. The summed E-state index contributed by atoms with van der Waals surface area (Å²) in [7, 11) is 0. The zero-order chi connectivity index (χ0) is 13.1. The van der Waals surface area contributed by atoms with Crippen molar-refractivity contribution in [3.8, 4) is 0 Å². The minimum Gasteiger partial charge on any atom is -0.326 e. The second-order valence-corrected chi connectivity index (χ2v) is 4.23. The van der Waals surface area contributed by atoms with Crippen LogP contribution in [-0.2, 0) is 0 Å². The van der Waals surface area contributed by atoms with Crippen molar-refractivity contribution in [3.63, 3.8) is 0 Å². The van der Waals surface area contributed by atoms with Crippen LogP contribution < -0.4 is 11.1 Å². The van der Waals surface area contributed by atoms with Crippen LogP contribution in [0.5, 0.6) is 0 Å². The fourth-order valence-electron chi connectivity index (χ4n) is 1.87. The zero-order valence-electron chi connectivity index (χ0n) is 9.70. The third-order valence-corrected chi connectivity index (χ3v) is 2.82. The lowest BCUT2D eigenvalue weighted by Gasteiger charge is -2.16. The molecule has 0 saturated carbocycles. The van der Waals surface area contributed by atoms with E-state index < -0.39 is 4.92 Å². The van der Waals surface area contributed by atoms with E-state index in [-0.39, 0.29) is 17.8 Å². The molecule has 2 amide bonds. The molecule has 1 fully saturated rings. The largest absolute Gasteiger partial charge is 0.326 e. The fourth-order valence-corrected chi connectivity index (χ4v) is 1.87. The minimum atomic E-state index is -0.499. The molecule has 18 heavy (non-hydrogen) atoms. The highest BCUT2D eigenvalue weighted by molar-refractivity contribution is 5.89. The number of amides is 2. The van der Waals surface area contributed by atoms with Crippen LogP contribution in [0, 0.1) is 10.1 Å². The second kappa shape index (κ2) is 5.01. The lowest BCUT2D eigenvalue weighted by molar-refractivity contribution is -0.384. The maximum absolute atomic E-state index is 11.8. The Hall–Kier alpha value is -2.15. The molecule has 1 saturated heterocycles. The van der Waals surface area contributed by atoms with Gasteiger partial charge in [-0.3, -0.25) is 10.1 Å². The summed E-state index contributed by atoms with van der Waals surface area (Å²) in [6.07, 6.45) is 0.780. The van der Waals surface area contributed by atoms with Gasteiger partial charge in [0.2, 0.25) is 0 Å². The Morgan fingerprint density at radius 2 is 2.33 bits per heavy atom. The van der Waals surface area contributed by atoms with Gasteiger partial charge in [0.1, 0.15) is 0 Å². The number of likely N-dealkylation sites (tertiary alicyclic amines) is 1. The molecule has 1 aromatic carbocycles. The number of nitro benzene ring substituents is 1. The van der Waals surface area contributed by atoms with Gasteiger partial charge in [0.05, 0.1) is 4.92 Å². The lowest BCUT2D eigenvalue weighted by Crippen LogP contribution is -2.35. The molecule has 1 aromatic rings. The summed E-state index contributed by atoms with van der Waals surface area (Å²) in [5.74, 6) is 0. The molecule has 7 nitrogen and oxygen atoms in total. The number of nitrogens with two attached hydrogens (primary N) is 1. The van der Waals surface area contributed by atoms with Crippen molar-refractivity contribution in [2.75, 3.05) is 18.4 Å². The van der Waals surface area contributed by atoms with E-state index in [9.17, 15) is 14.9 Å². The van der Waals surface area contributed by atoms with E-state index in [1.165, 1.54) is 18.2 Å². The molecule has 0 aromatic heterocycles. The van der Waals surface area contributed by atoms with Crippen LogP contribution in [0.3, 0.4) is 0 Å². The number of non-ortho nitro benzene ring substituents is 1. The lowest BCUT2D eigenvalue weighted by atomic mass is 10.3. The van der Waals surface area contributed by atoms with Crippen LogP contribution in [0.2, 0.25) is 0 Å². The number of rotatable bonds is 2. The average molecular weight is 250 g/mol. The standard InChI is InChI=1S/C11H14N4O3/c12-8-4-5-14(7-8)11(16)13-9-2-1-3-10(6-9)15(17)18/h1-3,6,8H,4-5,7,12H2,(H,13,16)/t8-/m0/s1. The van der Waals surface area contributed by atoms with E-state index in [0.717, 1.165) is 6.42 Å². The first-order chi connectivity index (χ1) is 8.56. The van der Waals surface area contributed by atoms with E-state index in [2.05, 4.69) is 5.32 Å². The highest BCUT2D eigenvalue weighted by atomic mass is 16.6. The molecule has 2 rings (SSSR count). The summed E-state index contributed by atoms with van der Waals surface area (Å²) < 4.78 is 0. The molecule has 0 bridgehead atoms. The van der Waals surface area contributed by atoms with Crippen LogP contribution >= 0.6 is 0 Å². The summed E-state index contributed by atoms with van der Waals surface area (Å²) in [6.45, 7) is 1.13. The Balaban J connectivity index is 2.03. The van der Waals surface area contributed by atoms with E-state index in [0.29, 0.717) is 18.8 Å². The summed E-state index contributed by atoms with van der Waals surface area (Å²) in [5.41, 5.74) is 6.07. The van der Waals surface area contributed by atoms with Gasteiger partial charge in [-0.2, -0.15) is 0 Å². The Bertz CT molecular complexity index is 477. The highest BCUT2D eigenvalue weighted by Gasteiger charge is 2.23. The normalized spacial score (nSPS) is 18.7. The van der Waals surface area contributed by atoms with Gasteiger partial charge in [0.15, 0.2) is 0 Å². The van der Waals surface area contributed by atoms with Gasteiger partial charge < -0.3 is 16.0 Å². The number of carbonyl (C=O) groups excluding carboxylic acids is 1. The monoisotopic (exact) mass is 250 g/mol. The van der Waals surface area contributed by atoms with Crippen LogP contribution in [0.4, 0.5) is 16.2 Å². The average Bonchev–Trinajstić information content (AvgIpc) is 2.76. The van der Waals surface area contributed by atoms with Gasteiger partial charge in [0.25, 0.3) is 5.69 Å². The molecule has 96 valence electrons. The summed E-state index contributed by atoms with van der Waals surface area (Å²) in [4.78, 5) is 23.5. The number of nitro groups is 1. The molecular weight excluding hydrogens is 236 g/mol. The molecule has 1 atom stereocenters. The first kappa shape index (κ1) is 12.3. The summed E-state index contributed by atoms with van der Waals surface area (Å²) in [6, 6.07) is 5.59. The van der Waals surface area contributed by atoms with Gasteiger partial charge in [0, 0.05) is 37.0 Å². The number of anilines is 1. The molecule has 7 heteroatoms. The topological polar surface area (TPSA) is 102 Å². The van der Waals surface area contributed by atoms with Crippen molar-refractivity contribution in [1.29, 1.82) is 0 Å². The molecule has 0 spiro atoms. The van der Waals surface area contributed by atoms with Crippen LogP contribution in [0.15, 0.2) is 24.3 Å². The van der Waals surface area contributed by atoms with E-state index in [1.807, 2.05) is 0 Å². The highest BCUT2D eigenvalue weighted by Crippen LogP contribution is 2.18. The van der Waals surface area contributed by atoms with E-state index >= 15 is 0 Å². The van der Waals surface area contributed by atoms with Crippen molar-refractivity contribution < 1.29 is 9.72 Å². The smallest absolute Gasteiger partial charge is 0.321 e. The Morgan fingerprint density at radius 3 is 2.94 bits per heavy atom. The van der Waals surface area contributed by atoms with Crippen LogP contribution in [0.1, 0.15) is 6.42 Å². The van der Waals surface area contributed by atoms with Crippen LogP contribution in [0.25, 0.3) is 0 Å². The maximum atomic E-state index is 11.8. The summed E-state index contributed by atoms with van der Waals surface area (Å²) >= 11 is 0. The van der Waals surface area contributed by atoms with Crippen LogP contribution in [-0.4, -0.2) is 35.0 Å². The first-order valence-corrected chi connectivity index (χ1v) is 5.62. The minimum absolute atomic E-state index is 0.0147. The maximum Gasteiger partial charge on any atom is 0.321 e. The number of hydrogen-bond acceptors (Lipinski definition) is 4. The van der Waals surface area contributed by atoms with Gasteiger partial charge >= 0.3 is 6.03 Å².